The molecule has 5 nitrogen and oxygen atoms in total. The maximum atomic E-state index is 13.2. The van der Waals surface area contributed by atoms with Crippen LogP contribution < -0.4 is 0 Å². The minimum absolute atomic E-state index is 0.0130. The van der Waals surface area contributed by atoms with Crippen molar-refractivity contribution in [3.63, 3.8) is 0 Å². The molecule has 0 aliphatic carbocycles. The fraction of sp³-hybridized carbons (Fsp3) is 0.619. The monoisotopic (exact) mass is 413 g/mol. The summed E-state index contributed by atoms with van der Waals surface area (Å²) in [5.41, 5.74) is -1.43. The number of amides is 1. The van der Waals surface area contributed by atoms with E-state index in [0.29, 0.717) is 26.1 Å². The Bertz CT molecular complexity index is 758. The predicted octanol–water partition coefficient (Wildman–Crippen LogP) is 4.23. The summed E-state index contributed by atoms with van der Waals surface area (Å²) < 4.78 is 50.7. The van der Waals surface area contributed by atoms with Gasteiger partial charge in [0.2, 0.25) is 0 Å². The van der Waals surface area contributed by atoms with Crippen LogP contribution >= 0.6 is 0 Å². The molecule has 0 N–H and O–H groups in total. The number of fused-ring (bicyclic) bond motifs is 2. The lowest BCUT2D eigenvalue weighted by atomic mass is 9.81. The number of morpholine rings is 1. The number of benzene rings is 1. The van der Waals surface area contributed by atoms with Gasteiger partial charge in [-0.3, -0.25) is 9.69 Å². The van der Waals surface area contributed by atoms with Crippen LogP contribution in [0, 0.1) is 5.92 Å². The van der Waals surface area contributed by atoms with Gasteiger partial charge in [0.25, 0.3) is 0 Å². The molecule has 0 radical (unpaired) electrons. The number of hydrogen-bond donors (Lipinski definition) is 0. The zero-order valence-electron chi connectivity index (χ0n) is 16.8. The number of Topliss-reactive ketones (excluding diaryl/α,β-unsaturated/α-hetero) is 1. The van der Waals surface area contributed by atoms with Crippen LogP contribution in [0.2, 0.25) is 0 Å². The summed E-state index contributed by atoms with van der Waals surface area (Å²) in [6.45, 7) is 5.93. The van der Waals surface area contributed by atoms with Gasteiger partial charge in [-0.2, -0.15) is 13.2 Å². The van der Waals surface area contributed by atoms with Crippen LogP contribution in [0.15, 0.2) is 24.3 Å². The van der Waals surface area contributed by atoms with Crippen molar-refractivity contribution in [2.24, 2.45) is 5.92 Å². The zero-order chi connectivity index (χ0) is 21.4. The molecule has 1 aromatic carbocycles. The molecule has 2 heterocycles. The first-order valence-electron chi connectivity index (χ1n) is 9.72. The van der Waals surface area contributed by atoms with Gasteiger partial charge in [-0.15, -0.1) is 0 Å². The van der Waals surface area contributed by atoms with Crippen LogP contribution in [0.4, 0.5) is 18.0 Å². The summed E-state index contributed by atoms with van der Waals surface area (Å²) in [4.78, 5) is 27.1. The molecule has 2 fully saturated rings. The van der Waals surface area contributed by atoms with Gasteiger partial charge in [0.05, 0.1) is 30.9 Å². The van der Waals surface area contributed by atoms with Crippen LogP contribution in [0.25, 0.3) is 0 Å². The van der Waals surface area contributed by atoms with E-state index in [1.807, 2.05) is 0 Å². The minimum Gasteiger partial charge on any atom is -0.444 e. The molecule has 2 aliphatic heterocycles. The van der Waals surface area contributed by atoms with Crippen molar-refractivity contribution in [3.8, 4) is 0 Å². The van der Waals surface area contributed by atoms with Crippen molar-refractivity contribution in [1.29, 1.82) is 0 Å². The molecular formula is C21H26F3NO4. The Morgan fingerprint density at radius 3 is 2.24 bits per heavy atom. The van der Waals surface area contributed by atoms with Gasteiger partial charge >= 0.3 is 12.3 Å². The summed E-state index contributed by atoms with van der Waals surface area (Å²) >= 11 is 0. The third kappa shape index (κ3) is 5.10. The van der Waals surface area contributed by atoms with E-state index in [1.54, 1.807) is 25.7 Å². The molecular weight excluding hydrogens is 387 g/mol. The summed E-state index contributed by atoms with van der Waals surface area (Å²) in [7, 11) is 0. The number of carbonyl (C=O) groups excluding carboxylic acids is 2. The third-order valence-corrected chi connectivity index (χ3v) is 5.27. The number of piperidine rings is 1. The van der Waals surface area contributed by atoms with Gasteiger partial charge < -0.3 is 9.47 Å². The van der Waals surface area contributed by atoms with E-state index in [0.717, 1.165) is 6.07 Å². The highest BCUT2D eigenvalue weighted by Gasteiger charge is 2.45. The van der Waals surface area contributed by atoms with Gasteiger partial charge in [-0.05, 0) is 45.2 Å². The molecule has 2 unspecified atom stereocenters. The van der Waals surface area contributed by atoms with E-state index in [1.165, 1.54) is 18.2 Å². The summed E-state index contributed by atoms with van der Waals surface area (Å²) in [5, 5.41) is 0. The SMILES string of the molecule is CC(C)(C)OC(=O)N1C2COCC1CC(C(=O)Cc1ccccc1C(F)(F)F)C2. The van der Waals surface area contributed by atoms with Gasteiger partial charge in [-0.25, -0.2) is 4.79 Å². The molecule has 8 heteroatoms. The lowest BCUT2D eigenvalue weighted by Gasteiger charge is -2.47. The van der Waals surface area contributed by atoms with Crippen molar-refractivity contribution in [3.05, 3.63) is 35.4 Å². The highest BCUT2D eigenvalue weighted by Crippen LogP contribution is 2.36. The lowest BCUT2D eigenvalue weighted by Crippen LogP contribution is -2.60. The Balaban J connectivity index is 1.72. The second-order valence-electron chi connectivity index (χ2n) is 8.70. The first-order valence-corrected chi connectivity index (χ1v) is 9.72. The van der Waals surface area contributed by atoms with Crippen LogP contribution in [0.5, 0.6) is 0 Å². The summed E-state index contributed by atoms with van der Waals surface area (Å²) in [6, 6.07) is 4.54. The Morgan fingerprint density at radius 1 is 1.10 bits per heavy atom. The van der Waals surface area contributed by atoms with Crippen LogP contribution in [-0.2, 0) is 26.9 Å². The van der Waals surface area contributed by atoms with E-state index in [2.05, 4.69) is 0 Å². The first-order chi connectivity index (χ1) is 13.5. The van der Waals surface area contributed by atoms with Crippen molar-refractivity contribution in [2.45, 2.75) is 63.9 Å². The van der Waals surface area contributed by atoms with E-state index < -0.39 is 29.4 Å². The molecule has 1 aromatic rings. The second kappa shape index (κ2) is 7.97. The standard InChI is InChI=1S/C21H26F3NO4/c1-20(2,3)29-19(27)25-15-8-14(9-16(25)12-28-11-15)18(26)10-13-6-4-5-7-17(13)21(22,23)24/h4-7,14-16H,8-12H2,1-3H3. The number of halogens is 3. The maximum Gasteiger partial charge on any atom is 0.416 e. The van der Waals surface area contributed by atoms with Crippen molar-refractivity contribution < 1.29 is 32.2 Å². The lowest BCUT2D eigenvalue weighted by molar-refractivity contribution is -0.138. The van der Waals surface area contributed by atoms with Gasteiger partial charge in [0.15, 0.2) is 0 Å². The first kappa shape index (κ1) is 21.6. The number of hydrogen-bond acceptors (Lipinski definition) is 4. The van der Waals surface area contributed by atoms with Gasteiger partial charge in [-0.1, -0.05) is 18.2 Å². The van der Waals surface area contributed by atoms with E-state index in [4.69, 9.17) is 9.47 Å². The molecule has 0 saturated carbocycles. The average Bonchev–Trinajstić information content (AvgIpc) is 2.58. The largest absolute Gasteiger partial charge is 0.444 e. The Labute approximate surface area is 168 Å². The number of nitrogens with zero attached hydrogens (tertiary/aromatic N) is 1. The number of ketones is 1. The Kier molecular flexibility index (Phi) is 5.94. The highest BCUT2D eigenvalue weighted by atomic mass is 19.4. The number of alkyl halides is 3. The predicted molar refractivity (Wildman–Crippen MR) is 99.3 cm³/mol. The molecule has 2 atom stereocenters. The van der Waals surface area contributed by atoms with E-state index >= 15 is 0 Å². The molecule has 2 saturated heterocycles. The summed E-state index contributed by atoms with van der Waals surface area (Å²) in [5.74, 6) is -0.642. The van der Waals surface area contributed by atoms with Gasteiger partial charge in [0.1, 0.15) is 11.4 Å². The highest BCUT2D eigenvalue weighted by molar-refractivity contribution is 5.84. The number of carbonyl (C=O) groups is 2. The van der Waals surface area contributed by atoms with Crippen molar-refractivity contribution in [2.75, 3.05) is 13.2 Å². The topological polar surface area (TPSA) is 55.8 Å². The Morgan fingerprint density at radius 2 is 1.69 bits per heavy atom. The van der Waals surface area contributed by atoms with Gasteiger partial charge in [0, 0.05) is 12.3 Å². The van der Waals surface area contributed by atoms with Crippen molar-refractivity contribution in [1.82, 2.24) is 4.90 Å². The fourth-order valence-corrected chi connectivity index (χ4v) is 4.07. The average molecular weight is 413 g/mol. The van der Waals surface area contributed by atoms with Crippen LogP contribution in [-0.4, -0.2) is 47.7 Å². The fourth-order valence-electron chi connectivity index (χ4n) is 4.07. The minimum atomic E-state index is -4.50. The quantitative estimate of drug-likeness (QED) is 0.744. The second-order valence-corrected chi connectivity index (χ2v) is 8.70. The third-order valence-electron chi connectivity index (χ3n) is 5.27. The maximum absolute atomic E-state index is 13.2. The molecule has 160 valence electrons. The molecule has 0 aromatic heterocycles. The smallest absolute Gasteiger partial charge is 0.416 e. The molecule has 29 heavy (non-hydrogen) atoms. The van der Waals surface area contributed by atoms with Crippen LogP contribution in [0.1, 0.15) is 44.7 Å². The van der Waals surface area contributed by atoms with E-state index in [-0.39, 0.29) is 29.9 Å². The van der Waals surface area contributed by atoms with E-state index in [9.17, 15) is 22.8 Å². The Hall–Kier alpha value is -2.09. The van der Waals surface area contributed by atoms with Crippen molar-refractivity contribution >= 4 is 11.9 Å². The summed E-state index contributed by atoms with van der Waals surface area (Å²) in [6.07, 6.45) is -4.48. The number of rotatable bonds is 3. The molecule has 0 spiro atoms. The normalized spacial score (nSPS) is 24.9. The van der Waals surface area contributed by atoms with Crippen LogP contribution in [0.3, 0.4) is 0 Å². The molecule has 2 bridgehead atoms. The molecule has 1 amide bonds. The molecule has 3 rings (SSSR count). The molecule has 2 aliphatic rings. The number of ether oxygens (including phenoxy) is 2. The zero-order valence-corrected chi connectivity index (χ0v) is 16.8.